The van der Waals surface area contributed by atoms with Crippen LogP contribution in [0.5, 0.6) is 0 Å². The van der Waals surface area contributed by atoms with Crippen molar-refractivity contribution in [1.82, 2.24) is 9.78 Å². The van der Waals surface area contributed by atoms with Crippen molar-refractivity contribution in [1.29, 1.82) is 0 Å². The molecular weight excluding hydrogens is 252 g/mol. The van der Waals surface area contributed by atoms with Crippen LogP contribution < -0.4 is 0 Å². The largest absolute Gasteiger partial charge is 0.453 e. The normalized spacial score (nSPS) is 12.9. The maximum Gasteiger partial charge on any atom is 0.198 e. The molecule has 4 nitrogen and oxygen atoms in total. The van der Waals surface area contributed by atoms with E-state index in [0.29, 0.717) is 12.0 Å². The zero-order valence-electron chi connectivity index (χ0n) is 10.6. The number of hydrogen-bond donors (Lipinski definition) is 1. The van der Waals surface area contributed by atoms with Gasteiger partial charge in [-0.2, -0.15) is 5.10 Å². The van der Waals surface area contributed by atoms with Crippen molar-refractivity contribution in [3.63, 3.8) is 0 Å². The van der Waals surface area contributed by atoms with Crippen molar-refractivity contribution in [3.05, 3.63) is 40.6 Å². The molecule has 0 radical (unpaired) electrons. The Morgan fingerprint density at radius 1 is 1.50 bits per heavy atom. The van der Waals surface area contributed by atoms with E-state index in [-0.39, 0.29) is 5.22 Å². The van der Waals surface area contributed by atoms with E-state index in [4.69, 9.17) is 16.0 Å². The van der Waals surface area contributed by atoms with E-state index in [1.807, 2.05) is 17.7 Å². The Bertz CT molecular complexity index is 519. The fourth-order valence-corrected chi connectivity index (χ4v) is 2.22. The zero-order chi connectivity index (χ0) is 13.1. The number of furan rings is 1. The summed E-state index contributed by atoms with van der Waals surface area (Å²) in [6.07, 6.45) is 2.20. The minimum Gasteiger partial charge on any atom is -0.453 e. The number of aromatic nitrogens is 2. The van der Waals surface area contributed by atoms with Crippen LogP contribution >= 0.6 is 11.6 Å². The molecule has 2 aromatic rings. The number of rotatable bonds is 5. The molecule has 98 valence electrons. The highest BCUT2D eigenvalue weighted by molar-refractivity contribution is 6.29. The third kappa shape index (κ3) is 2.60. The van der Waals surface area contributed by atoms with Crippen LogP contribution in [0.1, 0.15) is 36.9 Å². The first kappa shape index (κ1) is 13.2. The summed E-state index contributed by atoms with van der Waals surface area (Å²) in [7, 11) is 0. The molecule has 2 aromatic heterocycles. The summed E-state index contributed by atoms with van der Waals surface area (Å²) in [4.78, 5) is 0. The van der Waals surface area contributed by atoms with Gasteiger partial charge in [0.1, 0.15) is 0 Å². The average molecular weight is 269 g/mol. The van der Waals surface area contributed by atoms with Gasteiger partial charge in [-0.15, -0.1) is 0 Å². The van der Waals surface area contributed by atoms with E-state index in [1.54, 1.807) is 6.07 Å². The second-order valence-electron chi connectivity index (χ2n) is 4.17. The molecule has 0 fully saturated rings. The fourth-order valence-electron chi connectivity index (χ4n) is 1.98. The lowest BCUT2D eigenvalue weighted by Crippen LogP contribution is -2.08. The molecule has 0 aliphatic carbocycles. The quantitative estimate of drug-likeness (QED) is 0.907. The van der Waals surface area contributed by atoms with Gasteiger partial charge in [-0.25, -0.2) is 0 Å². The summed E-state index contributed by atoms with van der Waals surface area (Å²) in [6, 6.07) is 3.72. The number of aliphatic hydroxyl groups is 1. The summed E-state index contributed by atoms with van der Waals surface area (Å²) >= 11 is 5.86. The summed E-state index contributed by atoms with van der Waals surface area (Å²) in [5, 5.41) is 14.9. The molecule has 1 N–H and O–H groups in total. The van der Waals surface area contributed by atoms with E-state index < -0.39 is 6.10 Å². The molecule has 18 heavy (non-hydrogen) atoms. The number of nitrogens with zero attached hydrogens (tertiary/aromatic N) is 2. The molecule has 1 unspecified atom stereocenters. The van der Waals surface area contributed by atoms with Crippen molar-refractivity contribution in [2.24, 2.45) is 0 Å². The Hall–Kier alpha value is -1.26. The Labute approximate surface area is 111 Å². The van der Waals surface area contributed by atoms with Crippen LogP contribution in [0.25, 0.3) is 0 Å². The first-order valence-corrected chi connectivity index (χ1v) is 6.50. The van der Waals surface area contributed by atoms with Crippen molar-refractivity contribution in [2.75, 3.05) is 0 Å². The maximum atomic E-state index is 10.2. The fraction of sp³-hybridized carbons (Fsp3) is 0.462. The minimum atomic E-state index is -0.664. The van der Waals surface area contributed by atoms with E-state index in [9.17, 15) is 5.11 Å². The molecule has 0 amide bonds. The van der Waals surface area contributed by atoms with Gasteiger partial charge < -0.3 is 9.52 Å². The van der Waals surface area contributed by atoms with Crippen molar-refractivity contribution < 1.29 is 9.52 Å². The highest BCUT2D eigenvalue weighted by Gasteiger charge is 2.17. The van der Waals surface area contributed by atoms with Gasteiger partial charge in [0, 0.05) is 24.2 Å². The van der Waals surface area contributed by atoms with Gasteiger partial charge in [-0.3, -0.25) is 4.68 Å². The van der Waals surface area contributed by atoms with Crippen LogP contribution in [-0.4, -0.2) is 14.9 Å². The standard InChI is InChI=1S/C13H17ClN2O2/c1-3-9-7-10(16(4-2)15-9)8-12(17)11-5-6-18-13(11)14/h5-7,12,17H,3-4,8H2,1-2H3. The van der Waals surface area contributed by atoms with Crippen molar-refractivity contribution in [3.8, 4) is 0 Å². The highest BCUT2D eigenvalue weighted by atomic mass is 35.5. The molecule has 2 rings (SSSR count). The lowest BCUT2D eigenvalue weighted by atomic mass is 10.1. The van der Waals surface area contributed by atoms with Crippen molar-refractivity contribution >= 4 is 11.6 Å². The van der Waals surface area contributed by atoms with Gasteiger partial charge in [0.2, 0.25) is 0 Å². The monoisotopic (exact) mass is 268 g/mol. The van der Waals surface area contributed by atoms with Gasteiger partial charge in [-0.05, 0) is 37.1 Å². The Kier molecular flexibility index (Phi) is 4.09. The Morgan fingerprint density at radius 3 is 2.83 bits per heavy atom. The lowest BCUT2D eigenvalue weighted by molar-refractivity contribution is 0.174. The summed E-state index contributed by atoms with van der Waals surface area (Å²) in [5.74, 6) is 0. The topological polar surface area (TPSA) is 51.2 Å². The first-order chi connectivity index (χ1) is 8.65. The lowest BCUT2D eigenvalue weighted by Gasteiger charge is -2.10. The van der Waals surface area contributed by atoms with Gasteiger partial charge in [0.15, 0.2) is 5.22 Å². The van der Waals surface area contributed by atoms with Gasteiger partial charge in [0.25, 0.3) is 0 Å². The van der Waals surface area contributed by atoms with Gasteiger partial charge in [-0.1, -0.05) is 6.92 Å². The number of halogens is 1. The molecule has 1 atom stereocenters. The predicted octanol–water partition coefficient (Wildman–Crippen LogP) is 2.99. The van der Waals surface area contributed by atoms with Crippen LogP contribution in [0.4, 0.5) is 0 Å². The molecule has 0 saturated heterocycles. The molecule has 0 aromatic carbocycles. The van der Waals surface area contributed by atoms with E-state index in [1.165, 1.54) is 6.26 Å². The maximum absolute atomic E-state index is 10.2. The SMILES string of the molecule is CCc1cc(CC(O)c2ccoc2Cl)n(CC)n1. The Morgan fingerprint density at radius 2 is 2.28 bits per heavy atom. The molecule has 0 saturated carbocycles. The third-order valence-corrected chi connectivity index (χ3v) is 3.29. The molecule has 0 bridgehead atoms. The number of hydrogen-bond acceptors (Lipinski definition) is 3. The van der Waals surface area contributed by atoms with Crippen LogP contribution in [0.2, 0.25) is 5.22 Å². The van der Waals surface area contributed by atoms with E-state index >= 15 is 0 Å². The van der Waals surface area contributed by atoms with Crippen LogP contribution in [0.15, 0.2) is 22.8 Å². The van der Waals surface area contributed by atoms with Gasteiger partial charge in [0.05, 0.1) is 18.1 Å². The molecular formula is C13H17ClN2O2. The third-order valence-electron chi connectivity index (χ3n) is 2.98. The molecule has 0 aliphatic rings. The highest BCUT2D eigenvalue weighted by Crippen LogP contribution is 2.26. The van der Waals surface area contributed by atoms with Crippen LogP contribution in [0, 0.1) is 0 Å². The number of aryl methyl sites for hydroxylation is 2. The molecule has 0 spiro atoms. The molecule has 5 heteroatoms. The second-order valence-corrected chi connectivity index (χ2v) is 4.51. The molecule has 2 heterocycles. The molecule has 0 aliphatic heterocycles. The smallest absolute Gasteiger partial charge is 0.198 e. The summed E-state index contributed by atoms with van der Waals surface area (Å²) in [5.41, 5.74) is 2.68. The second kappa shape index (κ2) is 5.59. The minimum absolute atomic E-state index is 0.251. The van der Waals surface area contributed by atoms with Crippen LogP contribution in [-0.2, 0) is 19.4 Å². The first-order valence-electron chi connectivity index (χ1n) is 6.12. The number of aliphatic hydroxyl groups excluding tert-OH is 1. The van der Waals surface area contributed by atoms with Crippen LogP contribution in [0.3, 0.4) is 0 Å². The van der Waals surface area contributed by atoms with Crippen molar-refractivity contribution in [2.45, 2.75) is 39.3 Å². The van der Waals surface area contributed by atoms with Gasteiger partial charge >= 0.3 is 0 Å². The van der Waals surface area contributed by atoms with E-state index in [0.717, 1.165) is 24.4 Å². The summed E-state index contributed by atoms with van der Waals surface area (Å²) in [6.45, 7) is 4.89. The van der Waals surface area contributed by atoms with E-state index in [2.05, 4.69) is 12.0 Å². The zero-order valence-corrected chi connectivity index (χ0v) is 11.3. The Balaban J connectivity index is 2.18. The predicted molar refractivity (Wildman–Crippen MR) is 69.7 cm³/mol. The average Bonchev–Trinajstić information content (AvgIpc) is 2.95. The summed E-state index contributed by atoms with van der Waals surface area (Å²) < 4.78 is 6.90.